The number of benzene rings is 1. The zero-order valence-electron chi connectivity index (χ0n) is 12.4. The Hall–Kier alpha value is -2.96. The minimum Gasteiger partial charge on any atom is -0.347 e. The molecule has 0 atom stereocenters. The lowest BCUT2D eigenvalue weighted by Crippen LogP contribution is -2.08. The molecule has 0 amide bonds. The number of nitrogens with one attached hydrogen (secondary N) is 1. The summed E-state index contributed by atoms with van der Waals surface area (Å²) in [5.41, 5.74) is 3.70. The van der Waals surface area contributed by atoms with Crippen LogP contribution >= 0.6 is 0 Å². The predicted molar refractivity (Wildman–Crippen MR) is 84.3 cm³/mol. The molecule has 0 spiro atoms. The van der Waals surface area contributed by atoms with Gasteiger partial charge in [0.05, 0.1) is 30.1 Å². The van der Waals surface area contributed by atoms with E-state index in [1.165, 1.54) is 0 Å². The fourth-order valence-corrected chi connectivity index (χ4v) is 2.51. The summed E-state index contributed by atoms with van der Waals surface area (Å²) in [6.45, 7) is 0.559. The van der Waals surface area contributed by atoms with E-state index in [-0.39, 0.29) is 0 Å². The van der Waals surface area contributed by atoms with Gasteiger partial charge in [0.15, 0.2) is 5.65 Å². The molecule has 1 N–H and O–H groups in total. The van der Waals surface area contributed by atoms with E-state index in [9.17, 15) is 0 Å². The van der Waals surface area contributed by atoms with Crippen LogP contribution in [0.25, 0.3) is 22.2 Å². The van der Waals surface area contributed by atoms with E-state index in [0.717, 1.165) is 22.4 Å². The van der Waals surface area contributed by atoms with Gasteiger partial charge in [0.2, 0.25) is 5.95 Å². The van der Waals surface area contributed by atoms with Gasteiger partial charge in [-0.2, -0.15) is 4.98 Å². The molecule has 0 saturated carbocycles. The topological polar surface area (TPSA) is 73.5 Å². The SMILES string of the molecule is Cn1cnc2nc(NCc3nc4ccccc4n3C)ncc21. The van der Waals surface area contributed by atoms with Gasteiger partial charge in [-0.1, -0.05) is 12.1 Å². The minimum absolute atomic E-state index is 0.554. The quantitative estimate of drug-likeness (QED) is 0.624. The van der Waals surface area contributed by atoms with Crippen LogP contribution in [0.5, 0.6) is 0 Å². The van der Waals surface area contributed by atoms with Crippen molar-refractivity contribution >= 4 is 28.1 Å². The Morgan fingerprint density at radius 1 is 1.05 bits per heavy atom. The maximum absolute atomic E-state index is 4.62. The lowest BCUT2D eigenvalue weighted by Gasteiger charge is -2.05. The Balaban J connectivity index is 1.61. The van der Waals surface area contributed by atoms with E-state index >= 15 is 0 Å². The third-order valence-electron chi connectivity index (χ3n) is 3.77. The van der Waals surface area contributed by atoms with E-state index in [1.54, 1.807) is 12.5 Å². The smallest absolute Gasteiger partial charge is 0.225 e. The second-order valence-electron chi connectivity index (χ2n) is 5.19. The minimum atomic E-state index is 0.554. The first-order valence-electron chi connectivity index (χ1n) is 7.00. The second kappa shape index (κ2) is 4.80. The Morgan fingerprint density at radius 2 is 1.91 bits per heavy atom. The molecule has 0 bridgehead atoms. The van der Waals surface area contributed by atoms with Gasteiger partial charge in [0.25, 0.3) is 0 Å². The number of hydrogen-bond donors (Lipinski definition) is 1. The van der Waals surface area contributed by atoms with Crippen molar-refractivity contribution in [3.63, 3.8) is 0 Å². The summed E-state index contributed by atoms with van der Waals surface area (Å²) < 4.78 is 3.96. The lowest BCUT2D eigenvalue weighted by molar-refractivity contribution is 0.829. The van der Waals surface area contributed by atoms with Crippen molar-refractivity contribution in [2.75, 3.05) is 5.32 Å². The van der Waals surface area contributed by atoms with Crippen molar-refractivity contribution in [2.24, 2.45) is 14.1 Å². The molecule has 0 fully saturated rings. The third-order valence-corrected chi connectivity index (χ3v) is 3.77. The molecule has 22 heavy (non-hydrogen) atoms. The summed E-state index contributed by atoms with van der Waals surface area (Å²) in [5, 5.41) is 3.21. The van der Waals surface area contributed by atoms with E-state index in [4.69, 9.17) is 0 Å². The highest BCUT2D eigenvalue weighted by Crippen LogP contribution is 2.15. The molecule has 3 heterocycles. The van der Waals surface area contributed by atoms with Crippen LogP contribution in [0.4, 0.5) is 5.95 Å². The van der Waals surface area contributed by atoms with Gasteiger partial charge in [0, 0.05) is 14.1 Å². The standard InChI is InChI=1S/C15H15N7/c1-21-9-18-14-12(21)7-16-15(20-14)17-8-13-19-10-5-3-4-6-11(10)22(13)2/h3-7,9H,8H2,1-2H3,(H,16,17,20). The van der Waals surface area contributed by atoms with Crippen molar-refractivity contribution < 1.29 is 0 Å². The largest absolute Gasteiger partial charge is 0.347 e. The Kier molecular flexibility index (Phi) is 2.78. The van der Waals surface area contributed by atoms with Gasteiger partial charge in [-0.3, -0.25) is 0 Å². The summed E-state index contributed by atoms with van der Waals surface area (Å²) in [4.78, 5) is 17.6. The van der Waals surface area contributed by atoms with E-state index in [0.29, 0.717) is 18.1 Å². The molecule has 4 aromatic rings. The van der Waals surface area contributed by atoms with E-state index in [1.807, 2.05) is 36.9 Å². The van der Waals surface area contributed by atoms with Crippen LogP contribution in [0.2, 0.25) is 0 Å². The molecular formula is C15H15N7. The molecule has 7 nitrogen and oxygen atoms in total. The van der Waals surface area contributed by atoms with Gasteiger partial charge in [-0.05, 0) is 12.1 Å². The van der Waals surface area contributed by atoms with E-state index < -0.39 is 0 Å². The molecule has 0 aliphatic rings. The van der Waals surface area contributed by atoms with Gasteiger partial charge < -0.3 is 14.5 Å². The highest BCUT2D eigenvalue weighted by atomic mass is 15.2. The van der Waals surface area contributed by atoms with Crippen molar-refractivity contribution in [1.82, 2.24) is 29.1 Å². The summed E-state index contributed by atoms with van der Waals surface area (Å²) >= 11 is 0. The average molecular weight is 293 g/mol. The maximum Gasteiger partial charge on any atom is 0.225 e. The fraction of sp³-hybridized carbons (Fsp3) is 0.200. The Morgan fingerprint density at radius 3 is 2.77 bits per heavy atom. The highest BCUT2D eigenvalue weighted by Gasteiger charge is 2.08. The molecule has 0 radical (unpaired) electrons. The molecule has 0 unspecified atom stereocenters. The number of hydrogen-bond acceptors (Lipinski definition) is 5. The van der Waals surface area contributed by atoms with Crippen molar-refractivity contribution in [3.8, 4) is 0 Å². The van der Waals surface area contributed by atoms with Crippen LogP contribution in [0.15, 0.2) is 36.8 Å². The molecule has 1 aromatic carbocycles. The number of imidazole rings is 2. The highest BCUT2D eigenvalue weighted by molar-refractivity contribution is 5.75. The van der Waals surface area contributed by atoms with Gasteiger partial charge >= 0.3 is 0 Å². The van der Waals surface area contributed by atoms with Crippen LogP contribution in [0.3, 0.4) is 0 Å². The third kappa shape index (κ3) is 1.98. The van der Waals surface area contributed by atoms with Gasteiger partial charge in [-0.25, -0.2) is 15.0 Å². The molecule has 0 saturated heterocycles. The molecule has 4 rings (SSSR count). The zero-order chi connectivity index (χ0) is 15.1. The maximum atomic E-state index is 4.62. The summed E-state index contributed by atoms with van der Waals surface area (Å²) in [7, 11) is 3.93. The monoisotopic (exact) mass is 293 g/mol. The molecule has 7 heteroatoms. The van der Waals surface area contributed by atoms with Crippen LogP contribution < -0.4 is 5.32 Å². The molecule has 0 aliphatic heterocycles. The number of fused-ring (bicyclic) bond motifs is 2. The first-order valence-corrected chi connectivity index (χ1v) is 7.00. The molecule has 0 aliphatic carbocycles. The summed E-state index contributed by atoms with van der Waals surface area (Å²) in [5.74, 6) is 1.49. The molecule has 3 aromatic heterocycles. The number of rotatable bonds is 3. The first kappa shape index (κ1) is 12.8. The average Bonchev–Trinajstić information content (AvgIpc) is 3.07. The van der Waals surface area contributed by atoms with Gasteiger partial charge in [-0.15, -0.1) is 0 Å². The normalized spacial score (nSPS) is 11.4. The van der Waals surface area contributed by atoms with Crippen molar-refractivity contribution in [2.45, 2.75) is 6.54 Å². The number of aromatic nitrogens is 6. The number of aryl methyl sites for hydroxylation is 2. The van der Waals surface area contributed by atoms with Crippen molar-refractivity contribution in [3.05, 3.63) is 42.6 Å². The molecule has 110 valence electrons. The number of nitrogens with zero attached hydrogens (tertiary/aromatic N) is 6. The Labute approximate surface area is 126 Å². The van der Waals surface area contributed by atoms with Crippen LogP contribution in [0, 0.1) is 0 Å². The van der Waals surface area contributed by atoms with Crippen LogP contribution in [-0.2, 0) is 20.6 Å². The number of anilines is 1. The lowest BCUT2D eigenvalue weighted by atomic mass is 10.3. The van der Waals surface area contributed by atoms with Crippen LogP contribution in [0.1, 0.15) is 5.82 Å². The van der Waals surface area contributed by atoms with Gasteiger partial charge in [0.1, 0.15) is 11.3 Å². The summed E-state index contributed by atoms with van der Waals surface area (Å²) in [6, 6.07) is 8.07. The molecular weight excluding hydrogens is 278 g/mol. The van der Waals surface area contributed by atoms with E-state index in [2.05, 4.69) is 35.9 Å². The fourth-order valence-electron chi connectivity index (χ4n) is 2.51. The summed E-state index contributed by atoms with van der Waals surface area (Å²) in [6.07, 6.45) is 3.50. The Bertz CT molecular complexity index is 967. The van der Waals surface area contributed by atoms with Crippen molar-refractivity contribution in [1.29, 1.82) is 0 Å². The zero-order valence-corrected chi connectivity index (χ0v) is 12.4. The first-order chi connectivity index (χ1) is 10.7. The van der Waals surface area contributed by atoms with Crippen LogP contribution in [-0.4, -0.2) is 29.1 Å². The second-order valence-corrected chi connectivity index (χ2v) is 5.19. The predicted octanol–water partition coefficient (Wildman–Crippen LogP) is 1.86. The number of para-hydroxylation sites is 2.